The molecular formula is C23H19N3O3S. The normalized spacial score (nSPS) is 12.9. The van der Waals surface area contributed by atoms with Crippen molar-refractivity contribution >= 4 is 34.5 Å². The molecule has 1 aliphatic rings. The van der Waals surface area contributed by atoms with Gasteiger partial charge in [0, 0.05) is 22.5 Å². The number of carbonyl (C=O) groups is 1. The highest BCUT2D eigenvalue weighted by molar-refractivity contribution is 7.98. The number of nitrogens with one attached hydrogen (secondary N) is 1. The van der Waals surface area contributed by atoms with Gasteiger partial charge >= 0.3 is 5.63 Å². The molecule has 3 heterocycles. The maximum absolute atomic E-state index is 13.1. The van der Waals surface area contributed by atoms with E-state index in [1.165, 1.54) is 0 Å². The molecule has 1 amide bonds. The van der Waals surface area contributed by atoms with Crippen LogP contribution in [-0.4, -0.2) is 15.7 Å². The predicted molar refractivity (Wildman–Crippen MR) is 118 cm³/mol. The van der Waals surface area contributed by atoms with Crippen LogP contribution in [0.1, 0.15) is 32.7 Å². The van der Waals surface area contributed by atoms with Gasteiger partial charge in [0.1, 0.15) is 17.0 Å². The van der Waals surface area contributed by atoms with Gasteiger partial charge in [0.2, 0.25) is 0 Å². The Morgan fingerprint density at radius 2 is 1.97 bits per heavy atom. The molecular weight excluding hydrogens is 398 g/mol. The van der Waals surface area contributed by atoms with Crippen molar-refractivity contribution in [2.45, 2.75) is 25.4 Å². The van der Waals surface area contributed by atoms with E-state index >= 15 is 0 Å². The molecule has 4 aromatic rings. The number of hydrogen-bond acceptors (Lipinski definition) is 5. The summed E-state index contributed by atoms with van der Waals surface area (Å²) < 4.78 is 7.11. The van der Waals surface area contributed by atoms with Gasteiger partial charge < -0.3 is 9.73 Å². The van der Waals surface area contributed by atoms with Crippen LogP contribution in [0.3, 0.4) is 0 Å². The van der Waals surface area contributed by atoms with Crippen molar-refractivity contribution in [3.05, 3.63) is 86.9 Å². The minimum atomic E-state index is -0.658. The van der Waals surface area contributed by atoms with Gasteiger partial charge in [0.25, 0.3) is 5.91 Å². The predicted octanol–water partition coefficient (Wildman–Crippen LogP) is 4.59. The largest absolute Gasteiger partial charge is 0.422 e. The van der Waals surface area contributed by atoms with Crippen molar-refractivity contribution in [2.75, 3.05) is 5.32 Å². The standard InChI is InChI=1S/C23H19N3O3S/c1-13-7-8-19(14(2)9-13)26-21(17-11-30-12-18(17)25-26)24-22(27)16-10-15-5-3-4-6-20(15)29-23(16)28/h3-10H,11-12H2,1-2H3,(H,24,27). The second kappa shape index (κ2) is 7.18. The second-order valence-corrected chi connectivity index (χ2v) is 8.39. The number of benzene rings is 2. The molecule has 0 aliphatic carbocycles. The fraction of sp³-hybridized carbons (Fsp3) is 0.174. The average Bonchev–Trinajstić information content (AvgIpc) is 3.30. The SMILES string of the molecule is Cc1ccc(-n2nc3c(c2NC(=O)c2cc4ccccc4oc2=O)CSC3)c(C)c1. The zero-order valence-corrected chi connectivity index (χ0v) is 17.4. The fourth-order valence-electron chi connectivity index (χ4n) is 3.75. The van der Waals surface area contributed by atoms with E-state index in [0.29, 0.717) is 16.8 Å². The van der Waals surface area contributed by atoms with Crippen LogP contribution in [0.25, 0.3) is 16.7 Å². The Hall–Kier alpha value is -3.32. The summed E-state index contributed by atoms with van der Waals surface area (Å²) in [5.74, 6) is 1.68. The minimum Gasteiger partial charge on any atom is -0.422 e. The molecule has 6 nitrogen and oxygen atoms in total. The van der Waals surface area contributed by atoms with Gasteiger partial charge in [-0.2, -0.15) is 16.9 Å². The van der Waals surface area contributed by atoms with Crippen LogP contribution in [0.5, 0.6) is 0 Å². The molecule has 0 atom stereocenters. The van der Waals surface area contributed by atoms with Gasteiger partial charge in [-0.3, -0.25) is 4.79 Å². The Balaban J connectivity index is 1.59. The highest BCUT2D eigenvalue weighted by Crippen LogP contribution is 2.36. The van der Waals surface area contributed by atoms with Crippen LogP contribution < -0.4 is 10.9 Å². The van der Waals surface area contributed by atoms with Crippen LogP contribution in [0.2, 0.25) is 0 Å². The monoisotopic (exact) mass is 417 g/mol. The molecule has 0 radical (unpaired) electrons. The van der Waals surface area contributed by atoms with Crippen LogP contribution in [0.4, 0.5) is 5.82 Å². The molecule has 30 heavy (non-hydrogen) atoms. The lowest BCUT2D eigenvalue weighted by Gasteiger charge is -2.13. The third kappa shape index (κ3) is 3.11. The number of nitrogens with zero attached hydrogens (tertiary/aromatic N) is 2. The van der Waals surface area contributed by atoms with Gasteiger partial charge in [0.05, 0.1) is 11.4 Å². The molecule has 2 aromatic carbocycles. The molecule has 150 valence electrons. The van der Waals surface area contributed by atoms with Crippen LogP contribution in [0, 0.1) is 13.8 Å². The van der Waals surface area contributed by atoms with Crippen molar-refractivity contribution in [1.82, 2.24) is 9.78 Å². The van der Waals surface area contributed by atoms with Crippen LogP contribution in [-0.2, 0) is 11.5 Å². The summed E-state index contributed by atoms with van der Waals surface area (Å²) in [7, 11) is 0. The van der Waals surface area contributed by atoms with E-state index in [1.54, 1.807) is 34.6 Å². The smallest absolute Gasteiger partial charge is 0.349 e. The molecule has 7 heteroatoms. The van der Waals surface area contributed by atoms with Crippen LogP contribution >= 0.6 is 11.8 Å². The van der Waals surface area contributed by atoms with Gasteiger partial charge in [-0.15, -0.1) is 0 Å². The number of carbonyl (C=O) groups excluding carboxylic acids is 1. The Labute approximate surface area is 176 Å². The molecule has 1 aliphatic heterocycles. The van der Waals surface area contributed by atoms with Crippen molar-refractivity contribution in [2.24, 2.45) is 0 Å². The maximum atomic E-state index is 13.1. The summed E-state index contributed by atoms with van der Waals surface area (Å²) in [6.07, 6.45) is 0. The summed E-state index contributed by atoms with van der Waals surface area (Å²) in [6.45, 7) is 4.06. The molecule has 1 N–H and O–H groups in total. The Morgan fingerprint density at radius 3 is 2.80 bits per heavy atom. The quantitative estimate of drug-likeness (QED) is 0.493. The highest BCUT2D eigenvalue weighted by Gasteiger charge is 2.26. The molecule has 0 fully saturated rings. The zero-order valence-electron chi connectivity index (χ0n) is 16.6. The van der Waals surface area contributed by atoms with Crippen molar-refractivity contribution in [1.29, 1.82) is 0 Å². The van der Waals surface area contributed by atoms with E-state index in [2.05, 4.69) is 11.4 Å². The van der Waals surface area contributed by atoms with Crippen LogP contribution in [0.15, 0.2) is 57.7 Å². The van der Waals surface area contributed by atoms with E-state index in [-0.39, 0.29) is 5.56 Å². The first-order valence-corrected chi connectivity index (χ1v) is 10.8. The lowest BCUT2D eigenvalue weighted by Crippen LogP contribution is -2.22. The summed E-state index contributed by atoms with van der Waals surface area (Å²) >= 11 is 1.75. The lowest BCUT2D eigenvalue weighted by atomic mass is 10.1. The number of fused-ring (bicyclic) bond motifs is 2. The number of aryl methyl sites for hydroxylation is 2. The van der Waals surface area contributed by atoms with E-state index in [4.69, 9.17) is 9.52 Å². The van der Waals surface area contributed by atoms with Gasteiger partial charge in [-0.05, 0) is 37.6 Å². The summed E-state index contributed by atoms with van der Waals surface area (Å²) in [4.78, 5) is 25.5. The molecule has 0 saturated carbocycles. The van der Waals surface area contributed by atoms with Crippen molar-refractivity contribution < 1.29 is 9.21 Å². The number of para-hydroxylation sites is 1. The molecule has 0 saturated heterocycles. The second-order valence-electron chi connectivity index (χ2n) is 7.41. The topological polar surface area (TPSA) is 77.1 Å². The Bertz CT molecular complexity index is 1370. The number of hydrogen-bond donors (Lipinski definition) is 1. The number of amides is 1. The third-order valence-corrected chi connectivity index (χ3v) is 6.22. The van der Waals surface area contributed by atoms with E-state index in [0.717, 1.165) is 39.6 Å². The molecule has 0 spiro atoms. The highest BCUT2D eigenvalue weighted by atomic mass is 32.2. The molecule has 0 bridgehead atoms. The maximum Gasteiger partial charge on any atom is 0.349 e. The third-order valence-electron chi connectivity index (χ3n) is 5.25. The average molecular weight is 417 g/mol. The minimum absolute atomic E-state index is 0.0264. The first kappa shape index (κ1) is 18.7. The number of anilines is 1. The summed E-state index contributed by atoms with van der Waals surface area (Å²) in [5.41, 5.74) is 4.85. The molecule has 0 unspecified atom stereocenters. The van der Waals surface area contributed by atoms with E-state index in [9.17, 15) is 9.59 Å². The molecule has 2 aromatic heterocycles. The lowest BCUT2D eigenvalue weighted by molar-refractivity contribution is 0.102. The van der Waals surface area contributed by atoms with Crippen molar-refractivity contribution in [3.63, 3.8) is 0 Å². The number of thioether (sulfide) groups is 1. The van der Waals surface area contributed by atoms with E-state index in [1.807, 2.05) is 38.1 Å². The van der Waals surface area contributed by atoms with E-state index < -0.39 is 11.5 Å². The number of rotatable bonds is 3. The zero-order chi connectivity index (χ0) is 20.8. The summed E-state index contributed by atoms with van der Waals surface area (Å²) in [6, 6.07) is 14.8. The van der Waals surface area contributed by atoms with Gasteiger partial charge in [-0.25, -0.2) is 9.48 Å². The summed E-state index contributed by atoms with van der Waals surface area (Å²) in [5, 5.41) is 8.39. The number of aromatic nitrogens is 2. The van der Waals surface area contributed by atoms with Gasteiger partial charge in [-0.1, -0.05) is 35.9 Å². The first-order chi connectivity index (χ1) is 14.5. The fourth-order valence-corrected chi connectivity index (χ4v) is 4.79. The van der Waals surface area contributed by atoms with Crippen molar-refractivity contribution in [3.8, 4) is 5.69 Å². The Morgan fingerprint density at radius 1 is 1.13 bits per heavy atom. The molecule has 5 rings (SSSR count). The first-order valence-electron chi connectivity index (χ1n) is 9.61. The van der Waals surface area contributed by atoms with Gasteiger partial charge in [0.15, 0.2) is 0 Å². The Kier molecular flexibility index (Phi) is 4.47.